The van der Waals surface area contributed by atoms with Crippen LogP contribution in [0.3, 0.4) is 0 Å². The highest BCUT2D eigenvalue weighted by Crippen LogP contribution is 2.34. The van der Waals surface area contributed by atoms with E-state index >= 15 is 0 Å². The zero-order valence-electron chi connectivity index (χ0n) is 22.9. The molecule has 3 aromatic carbocycles. The Kier molecular flexibility index (Phi) is 10.8. The number of rotatable bonds is 12. The van der Waals surface area contributed by atoms with Gasteiger partial charge in [-0.15, -0.1) is 0 Å². The van der Waals surface area contributed by atoms with E-state index in [0.717, 1.165) is 9.87 Å². The third kappa shape index (κ3) is 7.27. The van der Waals surface area contributed by atoms with E-state index < -0.39 is 28.5 Å². The van der Waals surface area contributed by atoms with Crippen LogP contribution in [0.15, 0.2) is 71.6 Å². The molecule has 0 unspecified atom stereocenters. The standard InChI is InChI=1S/C29H33Cl2N3O5S/c1-5-25(29(36)32-6-2)33(18-21-13-14-22(30)17-24(21)31)28(35)19-34(26-16-20(3)12-15-27(26)39-4)40(37,38)23-10-8-7-9-11-23/h7-17,25H,5-6,18-19H2,1-4H3,(H,32,36)/t25-/m0/s1. The predicted octanol–water partition coefficient (Wildman–Crippen LogP) is 5.45. The minimum absolute atomic E-state index is 0.00872. The molecule has 0 bridgehead atoms. The Hall–Kier alpha value is -3.27. The molecule has 0 heterocycles. The van der Waals surface area contributed by atoms with Crippen LogP contribution in [-0.4, -0.2) is 51.4 Å². The second-order valence-corrected chi connectivity index (χ2v) is 11.8. The van der Waals surface area contributed by atoms with Crippen LogP contribution in [0, 0.1) is 6.92 Å². The summed E-state index contributed by atoms with van der Waals surface area (Å²) in [5, 5.41) is 3.52. The maximum absolute atomic E-state index is 14.1. The van der Waals surface area contributed by atoms with Crippen molar-refractivity contribution in [3.05, 3.63) is 87.9 Å². The largest absolute Gasteiger partial charge is 0.495 e. The molecule has 0 saturated carbocycles. The first-order valence-corrected chi connectivity index (χ1v) is 15.0. The Morgan fingerprint density at radius 2 is 1.70 bits per heavy atom. The minimum atomic E-state index is -4.22. The monoisotopic (exact) mass is 605 g/mol. The fraction of sp³-hybridized carbons (Fsp3) is 0.310. The van der Waals surface area contributed by atoms with Crippen LogP contribution in [0.5, 0.6) is 5.75 Å². The maximum Gasteiger partial charge on any atom is 0.264 e. The lowest BCUT2D eigenvalue weighted by molar-refractivity contribution is -0.140. The Balaban J connectivity index is 2.14. The van der Waals surface area contributed by atoms with Crippen molar-refractivity contribution < 1.29 is 22.7 Å². The van der Waals surface area contributed by atoms with E-state index in [2.05, 4.69) is 5.32 Å². The van der Waals surface area contributed by atoms with E-state index in [1.807, 2.05) is 6.92 Å². The molecular weight excluding hydrogens is 573 g/mol. The summed E-state index contributed by atoms with van der Waals surface area (Å²) >= 11 is 12.5. The number of carbonyl (C=O) groups excluding carboxylic acids is 2. The molecule has 214 valence electrons. The van der Waals surface area contributed by atoms with Crippen molar-refractivity contribution in [2.45, 2.75) is 44.7 Å². The van der Waals surface area contributed by atoms with Gasteiger partial charge in [0.1, 0.15) is 18.3 Å². The lowest BCUT2D eigenvalue weighted by atomic mass is 10.1. The van der Waals surface area contributed by atoms with Crippen molar-refractivity contribution in [3.8, 4) is 5.75 Å². The molecule has 3 rings (SSSR count). The SMILES string of the molecule is CCNC(=O)[C@H](CC)N(Cc1ccc(Cl)cc1Cl)C(=O)CN(c1cc(C)ccc1OC)S(=O)(=O)c1ccccc1. The Bertz CT molecular complexity index is 1450. The first-order chi connectivity index (χ1) is 19.0. The molecule has 3 aromatic rings. The van der Waals surface area contributed by atoms with Gasteiger partial charge >= 0.3 is 0 Å². The summed E-state index contributed by atoms with van der Waals surface area (Å²) in [7, 11) is -2.79. The molecule has 0 aliphatic heterocycles. The van der Waals surface area contributed by atoms with Crippen LogP contribution >= 0.6 is 23.2 Å². The van der Waals surface area contributed by atoms with Gasteiger partial charge in [-0.1, -0.05) is 60.5 Å². The minimum Gasteiger partial charge on any atom is -0.495 e. The van der Waals surface area contributed by atoms with Crippen molar-refractivity contribution in [3.63, 3.8) is 0 Å². The molecule has 1 N–H and O–H groups in total. The smallest absolute Gasteiger partial charge is 0.264 e. The fourth-order valence-corrected chi connectivity index (χ4v) is 6.18. The normalized spacial score (nSPS) is 11.9. The third-order valence-electron chi connectivity index (χ3n) is 6.31. The number of benzene rings is 3. The van der Waals surface area contributed by atoms with Crippen molar-refractivity contribution in [2.75, 3.05) is 24.5 Å². The van der Waals surface area contributed by atoms with Crippen molar-refractivity contribution >= 4 is 50.7 Å². The average Bonchev–Trinajstić information content (AvgIpc) is 2.93. The molecule has 0 saturated heterocycles. The molecule has 0 aromatic heterocycles. The number of aryl methyl sites for hydroxylation is 1. The number of hydrogen-bond acceptors (Lipinski definition) is 5. The molecule has 0 fully saturated rings. The number of halogens is 2. The molecule has 11 heteroatoms. The van der Waals surface area contributed by atoms with Gasteiger partial charge in [0.15, 0.2) is 0 Å². The number of hydrogen-bond donors (Lipinski definition) is 1. The van der Waals surface area contributed by atoms with Crippen molar-refractivity contribution in [1.82, 2.24) is 10.2 Å². The number of methoxy groups -OCH3 is 1. The summed E-state index contributed by atoms with van der Waals surface area (Å²) in [5.41, 5.74) is 1.54. The highest BCUT2D eigenvalue weighted by molar-refractivity contribution is 7.92. The molecule has 0 aliphatic rings. The summed E-state index contributed by atoms with van der Waals surface area (Å²) in [6.07, 6.45) is 0.294. The third-order valence-corrected chi connectivity index (χ3v) is 8.67. The molecule has 1 atom stereocenters. The summed E-state index contributed by atoms with van der Waals surface area (Å²) in [5.74, 6) is -0.665. The lowest BCUT2D eigenvalue weighted by Gasteiger charge is -2.33. The maximum atomic E-state index is 14.1. The van der Waals surface area contributed by atoms with E-state index in [9.17, 15) is 18.0 Å². The van der Waals surface area contributed by atoms with E-state index in [4.69, 9.17) is 27.9 Å². The topological polar surface area (TPSA) is 96.0 Å². The number of ether oxygens (including phenoxy) is 1. The van der Waals surface area contributed by atoms with Crippen molar-refractivity contribution in [2.24, 2.45) is 0 Å². The number of sulfonamides is 1. The lowest BCUT2D eigenvalue weighted by Crippen LogP contribution is -2.52. The molecule has 8 nitrogen and oxygen atoms in total. The highest BCUT2D eigenvalue weighted by atomic mass is 35.5. The average molecular weight is 607 g/mol. The molecule has 40 heavy (non-hydrogen) atoms. The molecule has 0 spiro atoms. The molecule has 0 aliphatic carbocycles. The molecular formula is C29H33Cl2N3O5S. The van der Waals surface area contributed by atoms with Gasteiger partial charge in [-0.05, 0) is 67.8 Å². The second kappa shape index (κ2) is 13.9. The number of amides is 2. The zero-order valence-corrected chi connectivity index (χ0v) is 25.2. The van der Waals surface area contributed by atoms with E-state index in [-0.39, 0.29) is 28.8 Å². The number of anilines is 1. The van der Waals surface area contributed by atoms with E-state index in [1.54, 1.807) is 68.4 Å². The van der Waals surface area contributed by atoms with Gasteiger partial charge in [0.2, 0.25) is 11.8 Å². The van der Waals surface area contributed by atoms with Gasteiger partial charge in [0, 0.05) is 23.1 Å². The zero-order chi connectivity index (χ0) is 29.4. The van der Waals surface area contributed by atoms with E-state index in [1.165, 1.54) is 24.1 Å². The highest BCUT2D eigenvalue weighted by Gasteiger charge is 2.35. The fourth-order valence-electron chi connectivity index (χ4n) is 4.27. The van der Waals surface area contributed by atoms with Crippen molar-refractivity contribution in [1.29, 1.82) is 0 Å². The first-order valence-electron chi connectivity index (χ1n) is 12.8. The quantitative estimate of drug-likeness (QED) is 0.296. The summed E-state index contributed by atoms with van der Waals surface area (Å²) in [4.78, 5) is 28.5. The first kappa shape index (κ1) is 31.3. The Morgan fingerprint density at radius 1 is 1.00 bits per heavy atom. The van der Waals surface area contributed by atoms with Gasteiger partial charge in [0.05, 0.1) is 17.7 Å². The number of carbonyl (C=O) groups is 2. The molecule has 2 amide bonds. The number of nitrogens with zero attached hydrogens (tertiary/aromatic N) is 2. The van der Waals surface area contributed by atoms with Crippen LogP contribution < -0.4 is 14.4 Å². The van der Waals surface area contributed by atoms with E-state index in [0.29, 0.717) is 28.6 Å². The van der Waals surface area contributed by atoms with Crippen LogP contribution in [0.2, 0.25) is 10.0 Å². The van der Waals surface area contributed by atoms with Gasteiger partial charge < -0.3 is 15.0 Å². The van der Waals surface area contributed by atoms with Gasteiger partial charge in [-0.2, -0.15) is 0 Å². The van der Waals surface area contributed by atoms with Gasteiger partial charge in [0.25, 0.3) is 10.0 Å². The van der Waals surface area contributed by atoms with Gasteiger partial charge in [-0.25, -0.2) is 8.42 Å². The van der Waals surface area contributed by atoms with Crippen LogP contribution in [-0.2, 0) is 26.2 Å². The van der Waals surface area contributed by atoms with Crippen LogP contribution in [0.4, 0.5) is 5.69 Å². The van der Waals surface area contributed by atoms with Crippen LogP contribution in [0.1, 0.15) is 31.4 Å². The second-order valence-electron chi connectivity index (χ2n) is 9.08. The Morgan fingerprint density at radius 3 is 2.30 bits per heavy atom. The number of nitrogens with one attached hydrogen (secondary N) is 1. The number of likely N-dealkylation sites (N-methyl/N-ethyl adjacent to an activating group) is 1. The summed E-state index contributed by atoms with van der Waals surface area (Å²) < 4.78 is 34.5. The van der Waals surface area contributed by atoms with Crippen LogP contribution in [0.25, 0.3) is 0 Å². The molecule has 0 radical (unpaired) electrons. The summed E-state index contributed by atoms with van der Waals surface area (Å²) in [6.45, 7) is 5.13. The Labute approximate surface area is 245 Å². The summed E-state index contributed by atoms with van der Waals surface area (Å²) in [6, 6.07) is 16.9. The predicted molar refractivity (Wildman–Crippen MR) is 158 cm³/mol. The van der Waals surface area contributed by atoms with Gasteiger partial charge in [-0.3, -0.25) is 13.9 Å².